The molecule has 2 fully saturated rings. The molecule has 1 aromatic rings. The van der Waals surface area contributed by atoms with E-state index in [1.807, 2.05) is 7.05 Å². The smallest absolute Gasteiger partial charge is 0.417 e. The monoisotopic (exact) mass is 635 g/mol. The molecule has 44 heavy (non-hydrogen) atoms. The van der Waals surface area contributed by atoms with Crippen molar-refractivity contribution in [1.29, 1.82) is 0 Å². The van der Waals surface area contributed by atoms with Gasteiger partial charge in [0.2, 0.25) is 17.7 Å². The zero-order chi connectivity index (χ0) is 32.4. The molecule has 1 heterocycles. The van der Waals surface area contributed by atoms with E-state index in [0.717, 1.165) is 63.6 Å². The van der Waals surface area contributed by atoms with Crippen molar-refractivity contribution in [1.82, 2.24) is 19.8 Å². The lowest BCUT2D eigenvalue weighted by atomic mass is 9.91. The van der Waals surface area contributed by atoms with Crippen molar-refractivity contribution in [2.24, 2.45) is 5.92 Å². The molecule has 10 nitrogen and oxygen atoms in total. The second kappa shape index (κ2) is 16.5. The Balaban J connectivity index is 1.76. The Labute approximate surface area is 265 Å². The lowest BCUT2D eigenvalue weighted by molar-refractivity contribution is -0.138. The zero-order valence-electron chi connectivity index (χ0n) is 27.0. The topological polar surface area (TPSA) is 120 Å². The van der Waals surface area contributed by atoms with Gasteiger partial charge in [-0.3, -0.25) is 19.1 Å². The zero-order valence-corrected chi connectivity index (χ0v) is 27.9. The van der Waals surface area contributed by atoms with Crippen molar-refractivity contribution >= 4 is 41.5 Å². The largest absolute Gasteiger partial charge is 0.443 e. The Morgan fingerprint density at radius 3 is 2.25 bits per heavy atom. The summed E-state index contributed by atoms with van der Waals surface area (Å²) in [6.45, 7) is 11.4. The second-order valence-electron chi connectivity index (χ2n) is 12.9. The van der Waals surface area contributed by atoms with Gasteiger partial charge in [-0.2, -0.15) is 0 Å². The van der Waals surface area contributed by atoms with E-state index < -0.39 is 40.6 Å². The van der Waals surface area contributed by atoms with Crippen molar-refractivity contribution in [3.63, 3.8) is 0 Å². The molecule has 0 radical (unpaired) electrons. The van der Waals surface area contributed by atoms with Crippen LogP contribution in [0.3, 0.4) is 0 Å². The number of amides is 4. The maximum absolute atomic E-state index is 15.5. The van der Waals surface area contributed by atoms with Gasteiger partial charge in [0.15, 0.2) is 0 Å². The SMILES string of the molecule is CCC(=O)N[C@@H](C(=O)N1CCN(C)CC1)[C@@H](C)c1ccc(NC(=O)[C@@H](SNC(=O)OC(C)(C)C)C2CCCCCC2)c(F)c1. The molecule has 0 unspecified atom stereocenters. The predicted octanol–water partition coefficient (Wildman–Crippen LogP) is 5.05. The summed E-state index contributed by atoms with van der Waals surface area (Å²) in [7, 11) is 2.00. The molecule has 1 saturated carbocycles. The van der Waals surface area contributed by atoms with E-state index in [-0.39, 0.29) is 29.8 Å². The third-order valence-electron chi connectivity index (χ3n) is 8.25. The van der Waals surface area contributed by atoms with Crippen LogP contribution in [-0.4, -0.2) is 83.7 Å². The Morgan fingerprint density at radius 2 is 1.68 bits per heavy atom. The molecule has 2 aliphatic rings. The number of anilines is 1. The number of nitrogens with one attached hydrogen (secondary N) is 3. The minimum absolute atomic E-state index is 0.0157. The van der Waals surface area contributed by atoms with E-state index in [0.29, 0.717) is 18.7 Å². The number of likely N-dealkylation sites (N-methyl/N-ethyl adjacent to an activating group) is 1. The maximum atomic E-state index is 15.5. The van der Waals surface area contributed by atoms with Crippen molar-refractivity contribution in [2.45, 2.75) is 102 Å². The molecular formula is C32H50FN5O5S. The van der Waals surface area contributed by atoms with Gasteiger partial charge in [0.25, 0.3) is 0 Å². The average Bonchev–Trinajstić information content (AvgIpc) is 3.25. The van der Waals surface area contributed by atoms with Crippen LogP contribution in [0.2, 0.25) is 0 Å². The number of benzene rings is 1. The average molecular weight is 636 g/mol. The van der Waals surface area contributed by atoms with Crippen LogP contribution >= 0.6 is 11.9 Å². The molecular weight excluding hydrogens is 585 g/mol. The molecule has 0 spiro atoms. The van der Waals surface area contributed by atoms with Crippen LogP contribution in [0.15, 0.2) is 18.2 Å². The van der Waals surface area contributed by atoms with Gasteiger partial charge in [0.1, 0.15) is 22.7 Å². The number of carbonyl (C=O) groups is 4. The summed E-state index contributed by atoms with van der Waals surface area (Å²) in [5.74, 6) is -1.97. The van der Waals surface area contributed by atoms with E-state index in [2.05, 4.69) is 20.3 Å². The first-order chi connectivity index (χ1) is 20.8. The Morgan fingerprint density at radius 1 is 1.05 bits per heavy atom. The Bertz CT molecular complexity index is 1150. The summed E-state index contributed by atoms with van der Waals surface area (Å²) >= 11 is 1.01. The number of piperazine rings is 1. The lowest BCUT2D eigenvalue weighted by Crippen LogP contribution is -2.55. The van der Waals surface area contributed by atoms with E-state index in [1.165, 1.54) is 12.1 Å². The van der Waals surface area contributed by atoms with Crippen LogP contribution < -0.4 is 15.4 Å². The standard InChI is InChI=1S/C32H50FN5O5S/c1-7-26(39)35-27(30(41)38-18-16-37(6)17-19-38)21(2)23-14-15-25(24(33)20-23)34-29(40)28(22-12-10-8-9-11-13-22)44-36-31(42)43-32(3,4)5/h14-15,20-22,27-28H,7-13,16-19H2,1-6H3,(H,34,40)(H,35,39)(H,36,42)/t21-,27+,28-/m0/s1. The summed E-state index contributed by atoms with van der Waals surface area (Å²) < 4.78 is 23.5. The fourth-order valence-corrected chi connectivity index (χ4v) is 6.50. The molecule has 1 aliphatic heterocycles. The van der Waals surface area contributed by atoms with Crippen molar-refractivity contribution < 1.29 is 28.3 Å². The third kappa shape index (κ3) is 10.6. The quantitative estimate of drug-likeness (QED) is 0.243. The number of hydrogen-bond donors (Lipinski definition) is 3. The second-order valence-corrected chi connectivity index (χ2v) is 13.9. The molecule has 12 heteroatoms. The molecule has 1 saturated heterocycles. The maximum Gasteiger partial charge on any atom is 0.417 e. The molecule has 3 rings (SSSR count). The molecule has 0 aromatic heterocycles. The molecule has 3 atom stereocenters. The molecule has 1 aromatic carbocycles. The number of rotatable bonds is 10. The van der Waals surface area contributed by atoms with Crippen molar-refractivity contribution in [3.05, 3.63) is 29.6 Å². The van der Waals surface area contributed by atoms with Crippen molar-refractivity contribution in [3.8, 4) is 0 Å². The van der Waals surface area contributed by atoms with Gasteiger partial charge in [0, 0.05) is 38.5 Å². The first-order valence-electron chi connectivity index (χ1n) is 15.8. The van der Waals surface area contributed by atoms with E-state index >= 15 is 4.39 Å². The highest BCUT2D eigenvalue weighted by molar-refractivity contribution is 7.99. The fraction of sp³-hybridized carbons (Fsp3) is 0.688. The van der Waals surface area contributed by atoms with Crippen molar-refractivity contribution in [2.75, 3.05) is 38.5 Å². The number of hydrogen-bond acceptors (Lipinski definition) is 7. The predicted molar refractivity (Wildman–Crippen MR) is 172 cm³/mol. The highest BCUT2D eigenvalue weighted by Crippen LogP contribution is 2.33. The van der Waals surface area contributed by atoms with Crippen LogP contribution in [0, 0.1) is 11.7 Å². The van der Waals surface area contributed by atoms with E-state index in [1.54, 1.807) is 45.6 Å². The summed E-state index contributed by atoms with van der Waals surface area (Å²) in [5, 5.41) is 4.96. The van der Waals surface area contributed by atoms with E-state index in [4.69, 9.17) is 4.74 Å². The first-order valence-corrected chi connectivity index (χ1v) is 16.7. The molecule has 246 valence electrons. The van der Waals surface area contributed by atoms with Crippen LogP contribution in [0.1, 0.15) is 91.0 Å². The summed E-state index contributed by atoms with van der Waals surface area (Å²) in [4.78, 5) is 55.7. The Kier molecular flexibility index (Phi) is 13.3. The minimum Gasteiger partial charge on any atom is -0.443 e. The molecule has 4 amide bonds. The minimum atomic E-state index is -0.847. The number of nitrogens with zero attached hydrogens (tertiary/aromatic N) is 2. The highest BCUT2D eigenvalue weighted by Gasteiger charge is 2.34. The van der Waals surface area contributed by atoms with Gasteiger partial charge in [-0.1, -0.05) is 45.6 Å². The molecule has 1 aliphatic carbocycles. The van der Waals surface area contributed by atoms with Gasteiger partial charge >= 0.3 is 6.09 Å². The summed E-state index contributed by atoms with van der Waals surface area (Å²) in [5.41, 5.74) is -0.132. The van der Waals surface area contributed by atoms with Gasteiger partial charge in [0.05, 0.1) is 5.69 Å². The third-order valence-corrected chi connectivity index (χ3v) is 9.39. The number of ether oxygens (including phenoxy) is 1. The fourth-order valence-electron chi connectivity index (χ4n) is 5.60. The highest BCUT2D eigenvalue weighted by atomic mass is 32.2. The first kappa shape index (κ1) is 35.6. The molecule has 0 bridgehead atoms. The van der Waals surface area contributed by atoms with Crippen LogP contribution in [-0.2, 0) is 19.1 Å². The van der Waals surface area contributed by atoms with Gasteiger partial charge in [-0.05, 0) is 76.2 Å². The number of carbonyl (C=O) groups excluding carboxylic acids is 4. The summed E-state index contributed by atoms with van der Waals surface area (Å²) in [6, 6.07) is 3.64. The Hall–Kier alpha value is -2.86. The molecule has 3 N–H and O–H groups in total. The van der Waals surface area contributed by atoms with E-state index in [9.17, 15) is 19.2 Å². The van der Waals surface area contributed by atoms with Crippen LogP contribution in [0.4, 0.5) is 14.9 Å². The lowest BCUT2D eigenvalue weighted by Gasteiger charge is -2.36. The summed E-state index contributed by atoms with van der Waals surface area (Å²) in [6.07, 6.45) is 5.45. The van der Waals surface area contributed by atoms with Crippen LogP contribution in [0.5, 0.6) is 0 Å². The van der Waals surface area contributed by atoms with Gasteiger partial charge in [-0.15, -0.1) is 0 Å². The van der Waals surface area contributed by atoms with Gasteiger partial charge < -0.3 is 25.2 Å². The number of halogens is 1. The van der Waals surface area contributed by atoms with Gasteiger partial charge in [-0.25, -0.2) is 9.18 Å². The normalized spacial score (nSPS) is 18.8. The van der Waals surface area contributed by atoms with Crippen LogP contribution in [0.25, 0.3) is 0 Å².